The van der Waals surface area contributed by atoms with Crippen molar-refractivity contribution in [3.63, 3.8) is 0 Å². The Morgan fingerprint density at radius 1 is 1.05 bits per heavy atom. The molecule has 4 rings (SSSR count). The van der Waals surface area contributed by atoms with E-state index in [1.54, 1.807) is 13.8 Å². The second-order valence-electron chi connectivity index (χ2n) is 10.9. The molecule has 2 aromatic rings. The van der Waals surface area contributed by atoms with Crippen LogP contribution in [0.15, 0.2) is 65.9 Å². The maximum atomic E-state index is 13.3. The number of piperidine rings is 1. The van der Waals surface area contributed by atoms with Crippen molar-refractivity contribution < 1.29 is 23.9 Å². The quantitative estimate of drug-likeness (QED) is 0.296. The van der Waals surface area contributed by atoms with Crippen molar-refractivity contribution in [2.45, 2.75) is 71.4 Å². The van der Waals surface area contributed by atoms with E-state index in [1.807, 2.05) is 54.6 Å². The van der Waals surface area contributed by atoms with Gasteiger partial charge in [-0.05, 0) is 69.8 Å². The Morgan fingerprint density at radius 2 is 1.80 bits per heavy atom. The first-order valence-corrected chi connectivity index (χ1v) is 14.8. The van der Waals surface area contributed by atoms with Gasteiger partial charge in [0.2, 0.25) is 11.8 Å². The van der Waals surface area contributed by atoms with Crippen molar-refractivity contribution in [1.82, 2.24) is 15.1 Å². The highest BCUT2D eigenvalue weighted by molar-refractivity contribution is 5.97. The Hall–Kier alpha value is -3.65. The van der Waals surface area contributed by atoms with Crippen molar-refractivity contribution in [2.75, 3.05) is 32.8 Å². The van der Waals surface area contributed by atoms with E-state index in [0.717, 1.165) is 30.6 Å². The minimum absolute atomic E-state index is 0.0792. The SMILES string of the molecule is CCOC(=O)C1=C(C)N(CC(=O)NCCCN2CCCC[C@@H]2C)C(=O)C[C@@H]1c1ccc(OCc2ccccc2)cc1. The number of allylic oxidation sites excluding steroid dienone is 1. The molecule has 2 atom stereocenters. The minimum Gasteiger partial charge on any atom is -0.489 e. The molecular formula is C33H43N3O5. The molecule has 0 saturated carbocycles. The summed E-state index contributed by atoms with van der Waals surface area (Å²) in [5.41, 5.74) is 2.77. The summed E-state index contributed by atoms with van der Waals surface area (Å²) in [5.74, 6) is -0.650. The normalized spacial score (nSPS) is 19.7. The first-order valence-electron chi connectivity index (χ1n) is 14.8. The summed E-state index contributed by atoms with van der Waals surface area (Å²) in [4.78, 5) is 43.1. The van der Waals surface area contributed by atoms with Crippen LogP contribution in [0.25, 0.3) is 0 Å². The maximum absolute atomic E-state index is 13.3. The van der Waals surface area contributed by atoms with Crippen molar-refractivity contribution in [3.8, 4) is 5.75 Å². The number of nitrogens with one attached hydrogen (secondary N) is 1. The Bertz CT molecular complexity index is 1210. The van der Waals surface area contributed by atoms with Crippen LogP contribution >= 0.6 is 0 Å². The predicted octanol–water partition coefficient (Wildman–Crippen LogP) is 4.80. The number of carbonyl (C=O) groups excluding carboxylic acids is 3. The van der Waals surface area contributed by atoms with Gasteiger partial charge in [-0.3, -0.25) is 9.59 Å². The summed E-state index contributed by atoms with van der Waals surface area (Å²) < 4.78 is 11.3. The highest BCUT2D eigenvalue weighted by Gasteiger charge is 2.37. The zero-order valence-electron chi connectivity index (χ0n) is 24.6. The third-order valence-electron chi connectivity index (χ3n) is 8.04. The summed E-state index contributed by atoms with van der Waals surface area (Å²) in [7, 11) is 0. The fraction of sp³-hybridized carbons (Fsp3) is 0.485. The Kier molecular flexibility index (Phi) is 11.0. The van der Waals surface area contributed by atoms with E-state index in [1.165, 1.54) is 24.2 Å². The van der Waals surface area contributed by atoms with Gasteiger partial charge >= 0.3 is 5.97 Å². The van der Waals surface area contributed by atoms with Gasteiger partial charge in [0.25, 0.3) is 0 Å². The van der Waals surface area contributed by atoms with Gasteiger partial charge in [-0.15, -0.1) is 0 Å². The zero-order chi connectivity index (χ0) is 29.2. The number of ether oxygens (including phenoxy) is 2. The molecule has 41 heavy (non-hydrogen) atoms. The Balaban J connectivity index is 1.40. The number of hydrogen-bond donors (Lipinski definition) is 1. The third kappa shape index (κ3) is 8.19. The Morgan fingerprint density at radius 3 is 2.51 bits per heavy atom. The number of esters is 1. The van der Waals surface area contributed by atoms with Crippen LogP contribution in [-0.2, 0) is 25.7 Å². The average Bonchev–Trinajstić information content (AvgIpc) is 2.98. The Labute approximate surface area is 243 Å². The first kappa shape index (κ1) is 30.3. The summed E-state index contributed by atoms with van der Waals surface area (Å²) in [6.45, 7) is 8.91. The topological polar surface area (TPSA) is 88.2 Å². The lowest BCUT2D eigenvalue weighted by molar-refractivity contribution is -0.141. The summed E-state index contributed by atoms with van der Waals surface area (Å²) in [6, 6.07) is 18.0. The molecule has 8 nitrogen and oxygen atoms in total. The molecule has 0 unspecified atom stereocenters. The van der Waals surface area contributed by atoms with E-state index in [4.69, 9.17) is 9.47 Å². The highest BCUT2D eigenvalue weighted by atomic mass is 16.5. The van der Waals surface area contributed by atoms with Gasteiger partial charge in [-0.1, -0.05) is 48.9 Å². The molecule has 0 radical (unpaired) electrons. The van der Waals surface area contributed by atoms with E-state index in [2.05, 4.69) is 17.1 Å². The lowest BCUT2D eigenvalue weighted by Crippen LogP contribution is -2.44. The molecule has 0 bridgehead atoms. The van der Waals surface area contributed by atoms with Crippen LogP contribution in [0.5, 0.6) is 5.75 Å². The number of nitrogens with zero attached hydrogens (tertiary/aromatic N) is 2. The number of benzene rings is 2. The highest BCUT2D eigenvalue weighted by Crippen LogP contribution is 2.37. The lowest BCUT2D eigenvalue weighted by Gasteiger charge is -2.34. The van der Waals surface area contributed by atoms with Crippen molar-refractivity contribution >= 4 is 17.8 Å². The molecule has 2 aliphatic heterocycles. The van der Waals surface area contributed by atoms with E-state index in [-0.39, 0.29) is 31.4 Å². The van der Waals surface area contributed by atoms with Gasteiger partial charge in [0.15, 0.2) is 0 Å². The summed E-state index contributed by atoms with van der Waals surface area (Å²) in [5, 5.41) is 2.96. The number of rotatable bonds is 12. The first-order chi connectivity index (χ1) is 19.9. The van der Waals surface area contributed by atoms with Gasteiger partial charge in [-0.25, -0.2) is 4.79 Å². The second kappa shape index (κ2) is 14.8. The number of hydrogen-bond acceptors (Lipinski definition) is 6. The smallest absolute Gasteiger partial charge is 0.336 e. The minimum atomic E-state index is -0.465. The molecule has 0 aliphatic carbocycles. The molecule has 0 aromatic heterocycles. The number of carbonyl (C=O) groups is 3. The van der Waals surface area contributed by atoms with E-state index in [9.17, 15) is 14.4 Å². The average molecular weight is 562 g/mol. The molecule has 1 fully saturated rings. The number of likely N-dealkylation sites (tertiary alicyclic amines) is 1. The van der Waals surface area contributed by atoms with Gasteiger partial charge in [0, 0.05) is 37.2 Å². The third-order valence-corrected chi connectivity index (χ3v) is 8.04. The summed E-state index contributed by atoms with van der Waals surface area (Å²) >= 11 is 0. The monoisotopic (exact) mass is 561 g/mol. The lowest BCUT2D eigenvalue weighted by atomic mass is 9.83. The van der Waals surface area contributed by atoms with E-state index in [0.29, 0.717) is 36.2 Å². The van der Waals surface area contributed by atoms with Gasteiger partial charge in [0.05, 0.1) is 12.2 Å². The molecule has 220 valence electrons. The second-order valence-corrected chi connectivity index (χ2v) is 10.9. The van der Waals surface area contributed by atoms with Gasteiger partial charge < -0.3 is 24.6 Å². The maximum Gasteiger partial charge on any atom is 0.336 e. The molecule has 2 aliphatic rings. The van der Waals surface area contributed by atoms with Crippen LogP contribution < -0.4 is 10.1 Å². The van der Waals surface area contributed by atoms with E-state index < -0.39 is 11.9 Å². The molecule has 2 amide bonds. The van der Waals surface area contributed by atoms with Crippen molar-refractivity contribution in [2.24, 2.45) is 0 Å². The van der Waals surface area contributed by atoms with Crippen LogP contribution in [0, 0.1) is 0 Å². The fourth-order valence-corrected chi connectivity index (χ4v) is 5.70. The summed E-state index contributed by atoms with van der Waals surface area (Å²) in [6.07, 6.45) is 4.69. The molecule has 0 spiro atoms. The molecular weight excluding hydrogens is 518 g/mol. The van der Waals surface area contributed by atoms with Gasteiger partial charge in [-0.2, -0.15) is 0 Å². The van der Waals surface area contributed by atoms with Crippen LogP contribution in [0.1, 0.15) is 69.9 Å². The largest absolute Gasteiger partial charge is 0.489 e. The van der Waals surface area contributed by atoms with Crippen molar-refractivity contribution in [1.29, 1.82) is 0 Å². The predicted molar refractivity (Wildman–Crippen MR) is 158 cm³/mol. The van der Waals surface area contributed by atoms with Gasteiger partial charge in [0.1, 0.15) is 18.9 Å². The van der Waals surface area contributed by atoms with Crippen LogP contribution in [0.3, 0.4) is 0 Å². The van der Waals surface area contributed by atoms with Crippen LogP contribution in [-0.4, -0.2) is 66.4 Å². The molecule has 2 heterocycles. The number of amides is 2. The standard InChI is InChI=1S/C33H43N3O5/c1-4-40-33(39)32-25(3)36(22-30(37)34-18-10-20-35-19-9-8-11-24(35)2)31(38)21-29(32)27-14-16-28(17-15-27)41-23-26-12-6-5-7-13-26/h5-7,12-17,24,29H,4,8-11,18-23H2,1-3H3,(H,34,37)/t24-,29+/m0/s1. The molecule has 1 saturated heterocycles. The zero-order valence-corrected chi connectivity index (χ0v) is 24.6. The molecule has 2 aromatic carbocycles. The van der Waals surface area contributed by atoms with Crippen molar-refractivity contribution in [3.05, 3.63) is 77.0 Å². The van der Waals surface area contributed by atoms with Crippen LogP contribution in [0.4, 0.5) is 0 Å². The van der Waals surface area contributed by atoms with E-state index >= 15 is 0 Å². The molecule has 8 heteroatoms. The fourth-order valence-electron chi connectivity index (χ4n) is 5.70. The molecule has 1 N–H and O–H groups in total. The van der Waals surface area contributed by atoms with Crippen LogP contribution in [0.2, 0.25) is 0 Å².